The number of allylic oxidation sites excluding steroid dienone is 2. The van der Waals surface area contributed by atoms with Gasteiger partial charge in [-0.05, 0) is 44.2 Å². The second kappa shape index (κ2) is 10.3. The van der Waals surface area contributed by atoms with Crippen LogP contribution < -0.4 is 0 Å². The van der Waals surface area contributed by atoms with Gasteiger partial charge in [-0.25, -0.2) is 0 Å². The van der Waals surface area contributed by atoms with Gasteiger partial charge in [-0.1, -0.05) is 69.2 Å². The summed E-state index contributed by atoms with van der Waals surface area (Å²) in [5.41, 5.74) is 4.09. The molecule has 0 N–H and O–H groups in total. The maximum atomic E-state index is 3.46. The Bertz CT molecular complexity index is 454. The molecule has 0 fully saturated rings. The highest BCUT2D eigenvalue weighted by atomic mass is 14.1. The van der Waals surface area contributed by atoms with E-state index >= 15 is 0 Å². The number of hydrogen-bond acceptors (Lipinski definition) is 0. The first-order chi connectivity index (χ1) is 9.81. The summed E-state index contributed by atoms with van der Waals surface area (Å²) in [6, 6.07) is 10.3. The second-order valence-corrected chi connectivity index (χ2v) is 5.26. The third-order valence-electron chi connectivity index (χ3n) is 3.60. The van der Waals surface area contributed by atoms with Crippen LogP contribution in [-0.4, -0.2) is 0 Å². The van der Waals surface area contributed by atoms with Crippen LogP contribution >= 0.6 is 0 Å². The Hall–Kier alpha value is -1.48. The van der Waals surface area contributed by atoms with Crippen molar-refractivity contribution in [2.45, 2.75) is 65.7 Å². The van der Waals surface area contributed by atoms with Gasteiger partial charge in [0.15, 0.2) is 0 Å². The van der Waals surface area contributed by atoms with E-state index < -0.39 is 0 Å². The average Bonchev–Trinajstić information content (AvgIpc) is 2.50. The fourth-order valence-corrected chi connectivity index (χ4v) is 2.28. The Labute approximate surface area is 125 Å². The number of rotatable bonds is 7. The number of hydrogen-bond donors (Lipinski definition) is 0. The summed E-state index contributed by atoms with van der Waals surface area (Å²) in [7, 11) is 0. The van der Waals surface area contributed by atoms with Crippen molar-refractivity contribution in [3.8, 4) is 11.8 Å². The highest BCUT2D eigenvalue weighted by Crippen LogP contribution is 2.20. The molecule has 0 saturated heterocycles. The van der Waals surface area contributed by atoms with Gasteiger partial charge in [-0.3, -0.25) is 0 Å². The molecule has 108 valence electrons. The summed E-state index contributed by atoms with van der Waals surface area (Å²) >= 11 is 0. The minimum Gasteiger partial charge on any atom is -0.0662 e. The van der Waals surface area contributed by atoms with E-state index in [0.29, 0.717) is 0 Å². The normalized spacial score (nSPS) is 11.6. The van der Waals surface area contributed by atoms with E-state index in [-0.39, 0.29) is 0 Å². The van der Waals surface area contributed by atoms with Gasteiger partial charge in [0.2, 0.25) is 0 Å². The molecule has 1 aromatic carbocycles. The highest BCUT2D eigenvalue weighted by Gasteiger charge is 2.03. The molecule has 0 atom stereocenters. The van der Waals surface area contributed by atoms with Gasteiger partial charge in [0.05, 0.1) is 0 Å². The van der Waals surface area contributed by atoms with Crippen molar-refractivity contribution < 1.29 is 0 Å². The SMILES string of the molecule is CCCC/C(C#Cc1ccccc1)=C(/CC)CCCC. The molecule has 0 aliphatic rings. The van der Waals surface area contributed by atoms with Crippen LogP contribution in [0.4, 0.5) is 0 Å². The molecule has 0 aliphatic heterocycles. The maximum absolute atomic E-state index is 3.46. The largest absolute Gasteiger partial charge is 0.0662 e. The molecule has 0 heteroatoms. The van der Waals surface area contributed by atoms with Crippen LogP contribution in [0.2, 0.25) is 0 Å². The van der Waals surface area contributed by atoms with Crippen LogP contribution in [0.3, 0.4) is 0 Å². The highest BCUT2D eigenvalue weighted by molar-refractivity contribution is 5.42. The van der Waals surface area contributed by atoms with Gasteiger partial charge in [0.25, 0.3) is 0 Å². The summed E-state index contributed by atoms with van der Waals surface area (Å²) in [6.45, 7) is 6.77. The zero-order chi connectivity index (χ0) is 14.6. The molecule has 0 unspecified atom stereocenters. The molecule has 20 heavy (non-hydrogen) atoms. The molecule has 0 amide bonds. The zero-order valence-corrected chi connectivity index (χ0v) is 13.3. The lowest BCUT2D eigenvalue weighted by molar-refractivity contribution is 0.738. The van der Waals surface area contributed by atoms with E-state index in [1.54, 1.807) is 5.57 Å². The van der Waals surface area contributed by atoms with Gasteiger partial charge in [0, 0.05) is 11.1 Å². The summed E-state index contributed by atoms with van der Waals surface area (Å²) in [5, 5.41) is 0. The summed E-state index contributed by atoms with van der Waals surface area (Å²) < 4.78 is 0. The van der Waals surface area contributed by atoms with E-state index in [2.05, 4.69) is 56.9 Å². The Morgan fingerprint density at radius 1 is 0.900 bits per heavy atom. The third kappa shape index (κ3) is 6.11. The lowest BCUT2D eigenvalue weighted by Crippen LogP contribution is -1.91. The van der Waals surface area contributed by atoms with E-state index in [4.69, 9.17) is 0 Å². The zero-order valence-electron chi connectivity index (χ0n) is 13.3. The fourth-order valence-electron chi connectivity index (χ4n) is 2.28. The van der Waals surface area contributed by atoms with E-state index in [0.717, 1.165) is 18.4 Å². The van der Waals surface area contributed by atoms with E-state index in [1.165, 1.54) is 37.7 Å². The molecule has 0 radical (unpaired) electrons. The fraction of sp³-hybridized carbons (Fsp3) is 0.500. The molecule has 0 heterocycles. The summed E-state index contributed by atoms with van der Waals surface area (Å²) in [6.07, 6.45) is 8.53. The molecule has 1 rings (SSSR count). The van der Waals surface area contributed by atoms with E-state index in [1.807, 2.05) is 6.07 Å². The molecule has 0 aromatic heterocycles. The van der Waals surface area contributed by atoms with Crippen molar-refractivity contribution in [1.82, 2.24) is 0 Å². The monoisotopic (exact) mass is 268 g/mol. The van der Waals surface area contributed by atoms with Crippen LogP contribution in [0, 0.1) is 11.8 Å². The average molecular weight is 268 g/mol. The van der Waals surface area contributed by atoms with Crippen LogP contribution in [0.1, 0.15) is 71.3 Å². The Morgan fingerprint density at radius 3 is 2.15 bits per heavy atom. The Kier molecular flexibility index (Phi) is 8.56. The van der Waals surface area contributed by atoms with Crippen molar-refractivity contribution in [2.75, 3.05) is 0 Å². The molecule has 0 nitrogen and oxygen atoms in total. The van der Waals surface area contributed by atoms with Crippen molar-refractivity contribution in [3.05, 3.63) is 47.0 Å². The molecule has 0 aliphatic carbocycles. The van der Waals surface area contributed by atoms with E-state index in [9.17, 15) is 0 Å². The van der Waals surface area contributed by atoms with Crippen LogP contribution in [0.5, 0.6) is 0 Å². The first-order valence-corrected chi connectivity index (χ1v) is 8.09. The van der Waals surface area contributed by atoms with Crippen LogP contribution in [0.25, 0.3) is 0 Å². The van der Waals surface area contributed by atoms with Gasteiger partial charge in [0.1, 0.15) is 0 Å². The first kappa shape index (κ1) is 16.6. The molecule has 0 saturated carbocycles. The lowest BCUT2D eigenvalue weighted by atomic mass is 9.96. The topological polar surface area (TPSA) is 0 Å². The van der Waals surface area contributed by atoms with Gasteiger partial charge in [-0.15, -0.1) is 0 Å². The molecule has 0 spiro atoms. The van der Waals surface area contributed by atoms with Crippen LogP contribution in [0.15, 0.2) is 41.5 Å². The van der Waals surface area contributed by atoms with Crippen LogP contribution in [-0.2, 0) is 0 Å². The number of benzene rings is 1. The molecule has 0 bridgehead atoms. The Balaban J connectivity index is 2.93. The molecular formula is C20H28. The van der Waals surface area contributed by atoms with Crippen molar-refractivity contribution >= 4 is 0 Å². The first-order valence-electron chi connectivity index (χ1n) is 8.09. The minimum absolute atomic E-state index is 1.12. The maximum Gasteiger partial charge on any atom is 0.0248 e. The summed E-state index contributed by atoms with van der Waals surface area (Å²) in [5.74, 6) is 6.80. The van der Waals surface area contributed by atoms with Crippen molar-refractivity contribution in [2.24, 2.45) is 0 Å². The van der Waals surface area contributed by atoms with Crippen molar-refractivity contribution in [3.63, 3.8) is 0 Å². The molecule has 1 aromatic rings. The summed E-state index contributed by atoms with van der Waals surface area (Å²) in [4.78, 5) is 0. The second-order valence-electron chi connectivity index (χ2n) is 5.26. The smallest absolute Gasteiger partial charge is 0.0248 e. The predicted molar refractivity (Wildman–Crippen MR) is 89.7 cm³/mol. The standard InChI is InChI=1S/C20H28/c1-4-7-14-19(6-3)20(15-8-5-2)17-16-18-12-10-9-11-13-18/h9-13H,4-8,14-15H2,1-3H3/b20-19+. The van der Waals surface area contributed by atoms with Gasteiger partial charge >= 0.3 is 0 Å². The van der Waals surface area contributed by atoms with Gasteiger partial charge < -0.3 is 0 Å². The lowest BCUT2D eigenvalue weighted by Gasteiger charge is -2.09. The predicted octanol–water partition coefficient (Wildman–Crippen LogP) is 6.13. The van der Waals surface area contributed by atoms with Gasteiger partial charge in [-0.2, -0.15) is 0 Å². The minimum atomic E-state index is 1.12. The number of unbranched alkanes of at least 4 members (excludes halogenated alkanes) is 2. The third-order valence-corrected chi connectivity index (χ3v) is 3.60. The quantitative estimate of drug-likeness (QED) is 0.522. The molecular weight excluding hydrogens is 240 g/mol. The Morgan fingerprint density at radius 2 is 1.55 bits per heavy atom. The van der Waals surface area contributed by atoms with Crippen molar-refractivity contribution in [1.29, 1.82) is 0 Å².